The molecule has 1 aromatic carbocycles. The highest BCUT2D eigenvalue weighted by atomic mass is 35.5. The summed E-state index contributed by atoms with van der Waals surface area (Å²) >= 11 is 5.72. The van der Waals surface area contributed by atoms with Crippen LogP contribution in [0.15, 0.2) is 24.3 Å². The Kier molecular flexibility index (Phi) is 4.31. The van der Waals surface area contributed by atoms with Gasteiger partial charge in [0.25, 0.3) is 0 Å². The Labute approximate surface area is 85.9 Å². The third kappa shape index (κ3) is 3.04. The molecule has 0 aromatic heterocycles. The minimum absolute atomic E-state index is 0.591. The molecule has 13 heavy (non-hydrogen) atoms. The van der Waals surface area contributed by atoms with E-state index in [1.54, 1.807) is 0 Å². The van der Waals surface area contributed by atoms with Gasteiger partial charge in [-0.2, -0.15) is 0 Å². The summed E-state index contributed by atoms with van der Waals surface area (Å²) in [5, 5.41) is 0. The lowest BCUT2D eigenvalue weighted by Gasteiger charge is -2.18. The lowest BCUT2D eigenvalue weighted by molar-refractivity contribution is 0.475. The fourth-order valence-electron chi connectivity index (χ4n) is 1.45. The Morgan fingerprint density at radius 2 is 1.92 bits per heavy atom. The number of rotatable bonds is 4. The maximum Gasteiger partial charge on any atom is 0.0226 e. The van der Waals surface area contributed by atoms with E-state index in [0.717, 1.165) is 12.3 Å². The molecule has 0 bridgehead atoms. The number of hydrogen-bond donors (Lipinski definition) is 0. The zero-order chi connectivity index (χ0) is 9.68. The lowest BCUT2D eigenvalue weighted by Crippen LogP contribution is -2.06. The smallest absolute Gasteiger partial charge is 0.0226 e. The topological polar surface area (TPSA) is 0 Å². The van der Waals surface area contributed by atoms with E-state index in [-0.39, 0.29) is 0 Å². The molecular weight excluding hydrogens is 180 g/mol. The van der Waals surface area contributed by atoms with Crippen LogP contribution in [0.3, 0.4) is 0 Å². The van der Waals surface area contributed by atoms with Gasteiger partial charge in [0, 0.05) is 5.88 Å². The van der Waals surface area contributed by atoms with E-state index in [1.165, 1.54) is 5.56 Å². The molecule has 0 spiro atoms. The number of benzene rings is 1. The second kappa shape index (κ2) is 5.29. The van der Waals surface area contributed by atoms with Crippen LogP contribution in [0.2, 0.25) is 0 Å². The SMILES string of the molecule is CC(CCCl)C(C)c1cc[c]cc1. The van der Waals surface area contributed by atoms with Crippen LogP contribution in [0.4, 0.5) is 0 Å². The molecule has 0 aliphatic heterocycles. The maximum absolute atomic E-state index is 5.72. The largest absolute Gasteiger partial charge is 0.127 e. The number of hydrogen-bond acceptors (Lipinski definition) is 0. The fraction of sp³-hybridized carbons (Fsp3) is 0.500. The van der Waals surface area contributed by atoms with Crippen molar-refractivity contribution in [2.45, 2.75) is 26.2 Å². The molecule has 0 saturated carbocycles. The minimum Gasteiger partial charge on any atom is -0.127 e. The molecule has 0 N–H and O–H groups in total. The summed E-state index contributed by atoms with van der Waals surface area (Å²) in [6.45, 7) is 4.51. The first-order valence-corrected chi connectivity index (χ1v) is 5.31. The van der Waals surface area contributed by atoms with Crippen LogP contribution in [-0.2, 0) is 0 Å². The molecule has 0 aliphatic rings. The van der Waals surface area contributed by atoms with Crippen molar-refractivity contribution in [1.82, 2.24) is 0 Å². The average Bonchev–Trinajstić information content (AvgIpc) is 2.18. The van der Waals surface area contributed by atoms with Gasteiger partial charge in [-0.1, -0.05) is 38.1 Å². The van der Waals surface area contributed by atoms with E-state index in [4.69, 9.17) is 11.6 Å². The Bertz CT molecular complexity index is 230. The molecule has 1 aromatic rings. The van der Waals surface area contributed by atoms with E-state index in [1.807, 2.05) is 12.1 Å². The van der Waals surface area contributed by atoms with Crippen LogP contribution < -0.4 is 0 Å². The van der Waals surface area contributed by atoms with Crippen LogP contribution in [0, 0.1) is 12.0 Å². The van der Waals surface area contributed by atoms with E-state index in [0.29, 0.717) is 11.8 Å². The van der Waals surface area contributed by atoms with Gasteiger partial charge in [0.15, 0.2) is 0 Å². The Hall–Kier alpha value is -0.490. The molecule has 0 nitrogen and oxygen atoms in total. The van der Waals surface area contributed by atoms with Crippen molar-refractivity contribution in [2.75, 3.05) is 5.88 Å². The zero-order valence-corrected chi connectivity index (χ0v) is 9.01. The van der Waals surface area contributed by atoms with Crippen molar-refractivity contribution in [3.05, 3.63) is 35.9 Å². The molecule has 0 aliphatic carbocycles. The predicted octanol–water partition coefficient (Wildman–Crippen LogP) is 3.86. The molecule has 0 heterocycles. The molecule has 2 atom stereocenters. The second-order valence-corrected chi connectivity index (χ2v) is 3.95. The summed E-state index contributed by atoms with van der Waals surface area (Å²) < 4.78 is 0. The molecular formula is C12H16Cl. The van der Waals surface area contributed by atoms with Crippen molar-refractivity contribution in [1.29, 1.82) is 0 Å². The van der Waals surface area contributed by atoms with Crippen LogP contribution >= 0.6 is 11.6 Å². The lowest BCUT2D eigenvalue weighted by atomic mass is 9.87. The molecule has 0 amide bonds. The van der Waals surface area contributed by atoms with Gasteiger partial charge in [-0.05, 0) is 29.9 Å². The van der Waals surface area contributed by atoms with Gasteiger partial charge < -0.3 is 0 Å². The summed E-state index contributed by atoms with van der Waals surface area (Å²) in [4.78, 5) is 0. The van der Waals surface area contributed by atoms with Crippen molar-refractivity contribution in [3.8, 4) is 0 Å². The van der Waals surface area contributed by atoms with E-state index < -0.39 is 0 Å². The Morgan fingerprint density at radius 1 is 1.31 bits per heavy atom. The first kappa shape index (κ1) is 10.6. The predicted molar refractivity (Wildman–Crippen MR) is 58.2 cm³/mol. The van der Waals surface area contributed by atoms with Gasteiger partial charge >= 0.3 is 0 Å². The van der Waals surface area contributed by atoms with Crippen molar-refractivity contribution >= 4 is 11.6 Å². The van der Waals surface area contributed by atoms with Crippen LogP contribution in [0.25, 0.3) is 0 Å². The van der Waals surface area contributed by atoms with E-state index in [9.17, 15) is 0 Å². The second-order valence-electron chi connectivity index (χ2n) is 3.58. The fourth-order valence-corrected chi connectivity index (χ4v) is 1.80. The maximum atomic E-state index is 5.72. The quantitative estimate of drug-likeness (QED) is 0.641. The summed E-state index contributed by atoms with van der Waals surface area (Å²) in [5.41, 5.74) is 1.39. The Balaban J connectivity index is 2.62. The molecule has 1 radical (unpaired) electrons. The van der Waals surface area contributed by atoms with Crippen LogP contribution in [0.1, 0.15) is 31.7 Å². The highest BCUT2D eigenvalue weighted by Crippen LogP contribution is 2.26. The monoisotopic (exact) mass is 195 g/mol. The third-order valence-corrected chi connectivity index (χ3v) is 2.91. The average molecular weight is 196 g/mol. The highest BCUT2D eigenvalue weighted by Gasteiger charge is 2.12. The van der Waals surface area contributed by atoms with Gasteiger partial charge in [0.05, 0.1) is 0 Å². The van der Waals surface area contributed by atoms with Crippen LogP contribution in [0.5, 0.6) is 0 Å². The molecule has 1 heteroatoms. The van der Waals surface area contributed by atoms with Crippen LogP contribution in [-0.4, -0.2) is 5.88 Å². The van der Waals surface area contributed by atoms with Gasteiger partial charge in [0.2, 0.25) is 0 Å². The summed E-state index contributed by atoms with van der Waals surface area (Å²) in [6, 6.07) is 11.2. The van der Waals surface area contributed by atoms with Crippen molar-refractivity contribution in [2.24, 2.45) is 5.92 Å². The first-order valence-electron chi connectivity index (χ1n) is 4.77. The number of halogens is 1. The molecule has 1 rings (SSSR count). The van der Waals surface area contributed by atoms with Gasteiger partial charge in [-0.25, -0.2) is 0 Å². The Morgan fingerprint density at radius 3 is 2.46 bits per heavy atom. The first-order chi connectivity index (χ1) is 6.25. The third-order valence-electron chi connectivity index (χ3n) is 2.69. The van der Waals surface area contributed by atoms with E-state index in [2.05, 4.69) is 32.0 Å². The normalized spacial score (nSPS) is 15.3. The molecule has 0 fully saturated rings. The molecule has 0 saturated heterocycles. The number of alkyl halides is 1. The van der Waals surface area contributed by atoms with Gasteiger partial charge in [-0.15, -0.1) is 11.6 Å². The zero-order valence-electron chi connectivity index (χ0n) is 8.26. The molecule has 2 unspecified atom stereocenters. The molecule has 71 valence electrons. The van der Waals surface area contributed by atoms with Gasteiger partial charge in [0.1, 0.15) is 0 Å². The van der Waals surface area contributed by atoms with Crippen molar-refractivity contribution in [3.63, 3.8) is 0 Å². The minimum atomic E-state index is 0.591. The summed E-state index contributed by atoms with van der Waals surface area (Å²) in [5.74, 6) is 2.00. The highest BCUT2D eigenvalue weighted by molar-refractivity contribution is 6.17. The summed E-state index contributed by atoms with van der Waals surface area (Å²) in [6.07, 6.45) is 1.08. The van der Waals surface area contributed by atoms with Gasteiger partial charge in [-0.3, -0.25) is 0 Å². The van der Waals surface area contributed by atoms with E-state index >= 15 is 0 Å². The standard InChI is InChI=1S/C12H16Cl/c1-10(8-9-13)11(2)12-6-4-3-5-7-12/h4-7,10-11H,8-9H2,1-2H3. The van der Waals surface area contributed by atoms with Crippen molar-refractivity contribution < 1.29 is 0 Å². The summed E-state index contributed by atoms with van der Waals surface area (Å²) in [7, 11) is 0.